The second kappa shape index (κ2) is 7.10. The van der Waals surface area contributed by atoms with Gasteiger partial charge in [0.2, 0.25) is 0 Å². The van der Waals surface area contributed by atoms with Crippen LogP contribution in [-0.4, -0.2) is 60.8 Å². The van der Waals surface area contributed by atoms with E-state index >= 15 is 0 Å². The van der Waals surface area contributed by atoms with Crippen LogP contribution in [-0.2, 0) is 9.53 Å². The predicted molar refractivity (Wildman–Crippen MR) is 57.6 cm³/mol. The van der Waals surface area contributed by atoms with Gasteiger partial charge in [0.15, 0.2) is 0 Å². The van der Waals surface area contributed by atoms with Crippen LogP contribution in [0.2, 0.25) is 0 Å². The smallest absolute Gasteiger partial charge is 0.323 e. The molecule has 1 aliphatic carbocycles. The highest BCUT2D eigenvalue weighted by atomic mass is 19.3. The fourth-order valence-corrected chi connectivity index (χ4v) is 1.40. The van der Waals surface area contributed by atoms with Crippen molar-refractivity contribution in [2.45, 2.75) is 25.3 Å². The van der Waals surface area contributed by atoms with Crippen molar-refractivity contribution in [2.75, 3.05) is 26.3 Å². The van der Waals surface area contributed by atoms with Crippen molar-refractivity contribution in [1.82, 2.24) is 10.2 Å². The fraction of sp³-hybridized carbons (Fsp3) is 0.800. The van der Waals surface area contributed by atoms with Crippen LogP contribution in [0.25, 0.3) is 0 Å². The number of carbonyl (C=O) groups excluding carboxylic acids is 1. The van der Waals surface area contributed by atoms with Crippen molar-refractivity contribution in [2.24, 2.45) is 0 Å². The number of nitrogens with one attached hydrogen (secondary N) is 1. The molecule has 0 radical (unpaired) electrons. The minimum Gasteiger partial charge on any atom is -0.480 e. The van der Waals surface area contributed by atoms with Crippen molar-refractivity contribution < 1.29 is 28.2 Å². The van der Waals surface area contributed by atoms with E-state index in [4.69, 9.17) is 5.11 Å². The molecule has 0 aromatic heterocycles. The zero-order chi connectivity index (χ0) is 13.5. The summed E-state index contributed by atoms with van der Waals surface area (Å²) >= 11 is 0. The van der Waals surface area contributed by atoms with Crippen molar-refractivity contribution in [3.8, 4) is 0 Å². The first-order valence-electron chi connectivity index (χ1n) is 5.63. The summed E-state index contributed by atoms with van der Waals surface area (Å²) in [4.78, 5) is 23.4. The summed E-state index contributed by atoms with van der Waals surface area (Å²) in [5, 5.41) is 11.1. The molecule has 0 heterocycles. The molecule has 0 atom stereocenters. The third-order valence-corrected chi connectivity index (χ3v) is 2.32. The number of carbonyl (C=O) groups is 2. The second-order valence-corrected chi connectivity index (χ2v) is 3.95. The summed E-state index contributed by atoms with van der Waals surface area (Å²) in [5.74, 6) is -1.08. The minimum atomic E-state index is -2.53. The van der Waals surface area contributed by atoms with E-state index in [9.17, 15) is 18.4 Å². The molecule has 18 heavy (non-hydrogen) atoms. The summed E-state index contributed by atoms with van der Waals surface area (Å²) in [7, 11) is 0. The highest BCUT2D eigenvalue weighted by Gasteiger charge is 2.33. The number of rotatable bonds is 8. The SMILES string of the molecule is O=C(O)CN(C(=O)NCCOCC(F)F)C1CC1. The highest BCUT2D eigenvalue weighted by Crippen LogP contribution is 2.26. The van der Waals surface area contributed by atoms with Gasteiger partial charge in [0.1, 0.15) is 13.2 Å². The molecule has 1 rings (SSSR count). The molecule has 8 heteroatoms. The molecule has 2 N–H and O–H groups in total. The van der Waals surface area contributed by atoms with Gasteiger partial charge in [0.25, 0.3) is 6.43 Å². The first-order chi connectivity index (χ1) is 8.50. The normalized spacial score (nSPS) is 14.6. The number of nitrogens with zero attached hydrogens (tertiary/aromatic N) is 1. The molecular formula is C10H16F2N2O4. The maximum atomic E-state index is 11.7. The minimum absolute atomic E-state index is 0.0249. The lowest BCUT2D eigenvalue weighted by Gasteiger charge is -2.20. The monoisotopic (exact) mass is 266 g/mol. The van der Waals surface area contributed by atoms with Gasteiger partial charge in [-0.25, -0.2) is 13.6 Å². The van der Waals surface area contributed by atoms with Crippen LogP contribution < -0.4 is 5.32 Å². The number of carboxylic acids is 1. The molecule has 0 spiro atoms. The molecule has 1 fully saturated rings. The Morgan fingerprint density at radius 1 is 1.44 bits per heavy atom. The number of aliphatic carboxylic acids is 1. The molecule has 1 saturated carbocycles. The number of halogens is 2. The van der Waals surface area contributed by atoms with Crippen molar-refractivity contribution in [1.29, 1.82) is 0 Å². The van der Waals surface area contributed by atoms with Crippen LogP contribution in [0.5, 0.6) is 0 Å². The second-order valence-electron chi connectivity index (χ2n) is 3.95. The summed E-state index contributed by atoms with van der Waals surface area (Å²) in [6.07, 6.45) is -0.943. The number of amides is 2. The highest BCUT2D eigenvalue weighted by molar-refractivity contribution is 5.80. The van der Waals surface area contributed by atoms with Gasteiger partial charge in [-0.15, -0.1) is 0 Å². The van der Waals surface area contributed by atoms with Crippen molar-refractivity contribution in [3.05, 3.63) is 0 Å². The third kappa shape index (κ3) is 5.76. The first kappa shape index (κ1) is 14.6. The largest absolute Gasteiger partial charge is 0.480 e. The van der Waals surface area contributed by atoms with E-state index < -0.39 is 25.0 Å². The summed E-state index contributed by atoms with van der Waals surface area (Å²) in [6, 6.07) is -0.524. The predicted octanol–water partition coefficient (Wildman–Crippen LogP) is 0.527. The maximum Gasteiger partial charge on any atom is 0.323 e. The van der Waals surface area contributed by atoms with Gasteiger partial charge in [-0.05, 0) is 12.8 Å². The Morgan fingerprint density at radius 2 is 2.11 bits per heavy atom. The Morgan fingerprint density at radius 3 is 2.61 bits per heavy atom. The zero-order valence-corrected chi connectivity index (χ0v) is 9.77. The lowest BCUT2D eigenvalue weighted by atomic mass is 10.5. The van der Waals surface area contributed by atoms with E-state index in [2.05, 4.69) is 10.1 Å². The van der Waals surface area contributed by atoms with Gasteiger partial charge in [0.05, 0.1) is 6.61 Å². The number of carboxylic acid groups (broad SMARTS) is 1. The van der Waals surface area contributed by atoms with E-state index in [0.29, 0.717) is 0 Å². The summed E-state index contributed by atoms with van der Waals surface area (Å²) in [6.45, 7) is -0.970. The van der Waals surface area contributed by atoms with E-state index in [1.165, 1.54) is 4.90 Å². The van der Waals surface area contributed by atoms with Gasteiger partial charge in [-0.1, -0.05) is 0 Å². The van der Waals surface area contributed by atoms with E-state index in [1.807, 2.05) is 0 Å². The Kier molecular flexibility index (Phi) is 5.76. The van der Waals surface area contributed by atoms with E-state index in [0.717, 1.165) is 12.8 Å². The Hall–Kier alpha value is -1.44. The van der Waals surface area contributed by atoms with Crippen molar-refractivity contribution >= 4 is 12.0 Å². The third-order valence-electron chi connectivity index (χ3n) is 2.32. The van der Waals surface area contributed by atoms with Gasteiger partial charge >= 0.3 is 12.0 Å². The number of hydrogen-bond acceptors (Lipinski definition) is 3. The van der Waals surface area contributed by atoms with Crippen LogP contribution in [0.3, 0.4) is 0 Å². The molecule has 0 unspecified atom stereocenters. The van der Waals surface area contributed by atoms with Gasteiger partial charge in [0, 0.05) is 12.6 Å². The van der Waals surface area contributed by atoms with Crippen molar-refractivity contribution in [3.63, 3.8) is 0 Å². The molecular weight excluding hydrogens is 250 g/mol. The summed E-state index contributed by atoms with van der Waals surface area (Å²) < 4.78 is 28.0. The molecule has 0 bridgehead atoms. The number of urea groups is 1. The average Bonchev–Trinajstić information content (AvgIpc) is 3.08. The van der Waals surface area contributed by atoms with E-state index in [-0.39, 0.29) is 25.7 Å². The van der Waals surface area contributed by atoms with E-state index in [1.54, 1.807) is 0 Å². The maximum absolute atomic E-state index is 11.7. The number of hydrogen-bond donors (Lipinski definition) is 2. The Labute approximate surface area is 103 Å². The first-order valence-corrected chi connectivity index (χ1v) is 5.63. The molecule has 104 valence electrons. The van der Waals surface area contributed by atoms with Crippen LogP contribution in [0.4, 0.5) is 13.6 Å². The summed E-state index contributed by atoms with van der Waals surface area (Å²) in [5.41, 5.74) is 0. The standard InChI is InChI=1S/C10H16F2N2O4/c11-8(12)6-18-4-3-13-10(17)14(5-9(15)16)7-1-2-7/h7-8H,1-6H2,(H,13,17)(H,15,16). The van der Waals surface area contributed by atoms with Crippen LogP contribution in [0, 0.1) is 0 Å². The zero-order valence-electron chi connectivity index (χ0n) is 9.77. The Balaban J connectivity index is 2.18. The Bertz CT molecular complexity index is 298. The number of ether oxygens (including phenoxy) is 1. The van der Waals surface area contributed by atoms with Crippen LogP contribution in [0.1, 0.15) is 12.8 Å². The molecule has 2 amide bonds. The molecule has 0 saturated heterocycles. The lowest BCUT2D eigenvalue weighted by Crippen LogP contribution is -2.45. The molecule has 0 aromatic rings. The molecule has 6 nitrogen and oxygen atoms in total. The lowest BCUT2D eigenvalue weighted by molar-refractivity contribution is -0.137. The van der Waals surface area contributed by atoms with Gasteiger partial charge < -0.3 is 20.1 Å². The number of alkyl halides is 2. The molecule has 0 aliphatic heterocycles. The fourth-order valence-electron chi connectivity index (χ4n) is 1.40. The average molecular weight is 266 g/mol. The van der Waals surface area contributed by atoms with Gasteiger partial charge in [-0.2, -0.15) is 0 Å². The molecule has 1 aliphatic rings. The quantitative estimate of drug-likeness (QED) is 0.628. The topological polar surface area (TPSA) is 78.9 Å². The van der Waals surface area contributed by atoms with Crippen LogP contribution >= 0.6 is 0 Å². The van der Waals surface area contributed by atoms with Gasteiger partial charge in [-0.3, -0.25) is 4.79 Å². The molecule has 0 aromatic carbocycles. The van der Waals surface area contributed by atoms with Crippen LogP contribution in [0.15, 0.2) is 0 Å².